The zero-order valence-corrected chi connectivity index (χ0v) is 18.7. The van der Waals surface area contributed by atoms with Crippen LogP contribution in [0.3, 0.4) is 0 Å². The molecule has 144 valence electrons. The Hall–Kier alpha value is 1.20. The average Bonchev–Trinajstić information content (AvgIpc) is 2.48. The predicted molar refractivity (Wildman–Crippen MR) is 109 cm³/mol. The van der Waals surface area contributed by atoms with Crippen LogP contribution in [0, 0.1) is 0 Å². The second-order valence-corrected chi connectivity index (χ2v) is 6.42. The molecule has 2 amide bonds. The number of thiol groups is 2. The first-order chi connectivity index (χ1) is 11.3. The van der Waals surface area contributed by atoms with Gasteiger partial charge in [-0.3, -0.25) is 19.2 Å². The first-order valence-electron chi connectivity index (χ1n) is 7.55. The van der Waals surface area contributed by atoms with E-state index < -0.39 is 42.8 Å². The molecule has 0 bridgehead atoms. The summed E-state index contributed by atoms with van der Waals surface area (Å²) in [4.78, 5) is 44.7. The fourth-order valence-electron chi connectivity index (χ4n) is 1.90. The number of rotatable bonds is 13. The molecule has 0 aliphatic heterocycles. The van der Waals surface area contributed by atoms with Gasteiger partial charge in [0.1, 0.15) is 12.6 Å². The average molecular weight is 494 g/mol. The van der Waals surface area contributed by atoms with Gasteiger partial charge in [-0.1, -0.05) is 6.42 Å². The van der Waals surface area contributed by atoms with Crippen LogP contribution in [0.4, 0.5) is 0 Å². The van der Waals surface area contributed by atoms with Crippen LogP contribution in [0.5, 0.6) is 0 Å². The fourth-order valence-corrected chi connectivity index (χ4v) is 2.72. The summed E-state index contributed by atoms with van der Waals surface area (Å²) in [5, 5.41) is 21.9. The van der Waals surface area contributed by atoms with E-state index in [0.29, 0.717) is 6.42 Å². The van der Waals surface area contributed by atoms with Gasteiger partial charge < -0.3 is 20.8 Å². The van der Waals surface area contributed by atoms with E-state index in [9.17, 15) is 19.2 Å². The number of nitrogens with one attached hydrogen (secondary N) is 2. The van der Waals surface area contributed by atoms with Crippen molar-refractivity contribution in [2.24, 2.45) is 0 Å². The van der Waals surface area contributed by atoms with E-state index in [0.717, 1.165) is 25.0 Å². The number of aliphatic carboxylic acids is 2. The van der Waals surface area contributed by atoms with Crippen LogP contribution in [-0.4, -0.2) is 117 Å². The van der Waals surface area contributed by atoms with Gasteiger partial charge in [-0.25, -0.2) is 0 Å². The van der Waals surface area contributed by atoms with Crippen molar-refractivity contribution in [2.45, 2.75) is 49.8 Å². The van der Waals surface area contributed by atoms with E-state index in [4.69, 9.17) is 10.2 Å². The summed E-state index contributed by atoms with van der Waals surface area (Å²) in [5.41, 5.74) is 0. The van der Waals surface area contributed by atoms with E-state index in [1.807, 2.05) is 0 Å². The van der Waals surface area contributed by atoms with Gasteiger partial charge in [0.25, 0.3) is 0 Å². The third kappa shape index (κ3) is 21.7. The molecular weight excluding hydrogens is 468 g/mol. The van der Waals surface area contributed by atoms with E-state index >= 15 is 0 Å². The molecule has 0 fully saturated rings. The van der Waals surface area contributed by atoms with Crippen molar-refractivity contribution in [2.75, 3.05) is 12.3 Å². The second kappa shape index (κ2) is 21.9. The summed E-state index contributed by atoms with van der Waals surface area (Å²) >= 11 is 8.49. The number of carboxylic acid groups (broad SMARTS) is 2. The van der Waals surface area contributed by atoms with Crippen molar-refractivity contribution in [3.8, 4) is 0 Å². The van der Waals surface area contributed by atoms with Gasteiger partial charge in [0.05, 0.1) is 6.42 Å². The van der Waals surface area contributed by atoms with Crippen LogP contribution in [0.1, 0.15) is 38.5 Å². The van der Waals surface area contributed by atoms with Gasteiger partial charge in [-0.2, -0.15) is 25.3 Å². The Labute approximate surface area is 227 Å². The van der Waals surface area contributed by atoms with E-state index in [1.54, 1.807) is 0 Å². The quantitative estimate of drug-likeness (QED) is 0.111. The maximum absolute atomic E-state index is 11.8. The molecule has 0 aliphatic carbocycles. The molecule has 0 saturated carbocycles. The summed E-state index contributed by atoms with van der Waals surface area (Å²) < 4.78 is 0. The summed E-state index contributed by atoms with van der Waals surface area (Å²) in [7, 11) is 0. The predicted octanol–water partition coefficient (Wildman–Crippen LogP) is -0.974. The molecule has 4 N–H and O–H groups in total. The largest absolute Gasteiger partial charge is 0 e. The molecule has 0 aliphatic rings. The number of amides is 2. The molecule has 13 heteroatoms. The molecule has 0 aromatic carbocycles. The Bertz CT molecular complexity index is 463. The minimum atomic E-state index is -1.30. The third-order valence-electron chi connectivity index (χ3n) is 3.10. The fraction of sp³-hybridized carbons (Fsp3) is 0.714. The van der Waals surface area contributed by atoms with Crippen molar-refractivity contribution in [3.05, 3.63) is 0 Å². The molecule has 0 aromatic rings. The first-order valence-corrected chi connectivity index (χ1v) is 8.70. The first kappa shape index (κ1) is 35.6. The summed E-state index contributed by atoms with van der Waals surface area (Å²) in [6.07, 6.45) is 2.63. The minimum Gasteiger partial charge on any atom is 0 e. The Morgan fingerprint density at radius 2 is 1.56 bits per heavy atom. The van der Waals surface area contributed by atoms with Gasteiger partial charge in [-0.15, -0.1) is 0 Å². The molecule has 8 nitrogen and oxygen atoms in total. The van der Waals surface area contributed by atoms with Gasteiger partial charge in [0.2, 0.25) is 11.8 Å². The van der Waals surface area contributed by atoms with Crippen LogP contribution >= 0.6 is 25.3 Å². The normalized spacial score (nSPS) is 11.5. The molecule has 1 unspecified atom stereocenters. The van der Waals surface area contributed by atoms with Crippen molar-refractivity contribution in [1.29, 1.82) is 0 Å². The van der Waals surface area contributed by atoms with Gasteiger partial charge in [0, 0.05) is 31.1 Å². The molecule has 2 atom stereocenters. The van der Waals surface area contributed by atoms with Gasteiger partial charge >= 0.3 is 71.1 Å². The van der Waals surface area contributed by atoms with Gasteiger partial charge in [0.15, 0.2) is 0 Å². The van der Waals surface area contributed by atoms with Crippen LogP contribution < -0.4 is 10.6 Å². The third-order valence-corrected chi connectivity index (χ3v) is 3.87. The molecule has 27 heavy (non-hydrogen) atoms. The van der Waals surface area contributed by atoms with E-state index in [2.05, 4.69) is 35.9 Å². The molecule has 0 aromatic heterocycles. The van der Waals surface area contributed by atoms with Crippen LogP contribution in [0.2, 0.25) is 0 Å². The van der Waals surface area contributed by atoms with Crippen LogP contribution in [0.15, 0.2) is 0 Å². The van der Waals surface area contributed by atoms with E-state index in [-0.39, 0.29) is 90.3 Å². The maximum atomic E-state index is 11.8. The zero-order valence-electron chi connectivity index (χ0n) is 13.9. The molecule has 0 heterocycles. The Kier molecular flexibility index (Phi) is 28.9. The number of carboxylic acids is 2. The Balaban J connectivity index is -0.000000882. The monoisotopic (exact) mass is 492 g/mol. The second-order valence-electron chi connectivity index (χ2n) is 5.24. The standard InChI is InChI=1S/C14H24N2O6S2.2Na.Zn.2H/c17-11(4-2-1-3-9(24)5-6-23)16-10(7-12(18)19)14(22)15-8-13(20)21;;;;;/h9-10,23-24H,1-8H2,(H,15,22)(H,16,17)(H,18,19)(H,20,21);;;;;/t9?,10-;;;;;/m0...../s1. The van der Waals surface area contributed by atoms with Crippen LogP contribution in [0.25, 0.3) is 0 Å². The van der Waals surface area contributed by atoms with Crippen molar-refractivity contribution < 1.29 is 48.9 Å². The number of hydrogen-bond donors (Lipinski definition) is 6. The molecule has 0 rings (SSSR count). The number of carbonyl (C=O) groups excluding carboxylic acids is 2. The Morgan fingerprint density at radius 3 is 2.04 bits per heavy atom. The topological polar surface area (TPSA) is 133 Å². The van der Waals surface area contributed by atoms with Crippen LogP contribution in [-0.2, 0) is 38.7 Å². The molecule has 0 radical (unpaired) electrons. The Morgan fingerprint density at radius 1 is 0.963 bits per heavy atom. The summed E-state index contributed by atoms with van der Waals surface area (Å²) in [6, 6.07) is -1.30. The molecular formula is C14H26N2Na2O6S2Zn. The van der Waals surface area contributed by atoms with E-state index in [1.165, 1.54) is 0 Å². The van der Waals surface area contributed by atoms with Crippen molar-refractivity contribution >= 4 is 108 Å². The molecule has 0 saturated heterocycles. The van der Waals surface area contributed by atoms with Crippen molar-refractivity contribution in [1.82, 2.24) is 10.6 Å². The van der Waals surface area contributed by atoms with Crippen molar-refractivity contribution in [3.63, 3.8) is 0 Å². The summed E-state index contributed by atoms with van der Waals surface area (Å²) in [5.74, 6) is -3.06. The number of unbranched alkanes of at least 4 members (excludes halogenated alkanes) is 1. The maximum Gasteiger partial charge on any atom is 0 e. The number of carbonyl (C=O) groups is 4. The molecule has 0 spiro atoms. The SMILES string of the molecule is O=C(O)CNC(=O)[C@H](CC(=O)O)NC(=O)CCCCC(S)CCS.[NaH].[NaH].[Zn]. The smallest absolute Gasteiger partial charge is 0 e. The number of hydrogen-bond acceptors (Lipinski definition) is 6. The minimum absolute atomic E-state index is 0. The summed E-state index contributed by atoms with van der Waals surface area (Å²) in [6.45, 7) is -0.640. The zero-order chi connectivity index (χ0) is 18.5. The van der Waals surface area contributed by atoms with Gasteiger partial charge in [-0.05, 0) is 25.0 Å².